The minimum Gasteiger partial charge on any atom is -0.345 e. The zero-order chi connectivity index (χ0) is 38.6. The van der Waals surface area contributed by atoms with E-state index in [1.807, 2.05) is 0 Å². The first-order chi connectivity index (χ1) is 27.7. The van der Waals surface area contributed by atoms with Crippen LogP contribution < -0.4 is 4.90 Å². The second-order valence-corrected chi connectivity index (χ2v) is 17.4. The average molecular weight is 732 g/mol. The second-order valence-electron chi connectivity index (χ2n) is 17.4. The van der Waals surface area contributed by atoms with Crippen molar-refractivity contribution < 1.29 is 0 Å². The Morgan fingerprint density at radius 2 is 0.754 bits per heavy atom. The summed E-state index contributed by atoms with van der Waals surface area (Å²) >= 11 is 0. The summed E-state index contributed by atoms with van der Waals surface area (Å²) in [6.07, 6.45) is 0. The topological polar surface area (TPSA) is 3.24 Å². The van der Waals surface area contributed by atoms with E-state index in [2.05, 4.69) is 216 Å². The number of fused-ring (bicyclic) bond motifs is 9. The van der Waals surface area contributed by atoms with E-state index < -0.39 is 0 Å². The highest BCUT2D eigenvalue weighted by Crippen LogP contribution is 2.54. The normalized spacial score (nSPS) is 15.0. The molecule has 8 aromatic carbocycles. The van der Waals surface area contributed by atoms with Crippen molar-refractivity contribution in [2.24, 2.45) is 0 Å². The van der Waals surface area contributed by atoms with Crippen molar-refractivity contribution in [2.45, 2.75) is 44.4 Å². The number of nitrogens with zero attached hydrogens (tertiary/aromatic N) is 1. The van der Waals surface area contributed by atoms with Crippen LogP contribution in [0.3, 0.4) is 0 Å². The van der Waals surface area contributed by atoms with Crippen LogP contribution in [0.1, 0.15) is 72.6 Å². The summed E-state index contributed by atoms with van der Waals surface area (Å²) in [6, 6.07) is 66.3. The highest BCUT2D eigenvalue weighted by atomic mass is 15.1. The number of benzene rings is 8. The van der Waals surface area contributed by atoms with Crippen molar-refractivity contribution >= 4 is 11.4 Å². The Bertz CT molecular complexity index is 2750. The first kappa shape index (κ1) is 33.9. The van der Waals surface area contributed by atoms with Gasteiger partial charge in [-0.05, 0) is 143 Å². The molecule has 0 radical (unpaired) electrons. The van der Waals surface area contributed by atoms with Crippen LogP contribution in [0.2, 0.25) is 0 Å². The van der Waals surface area contributed by atoms with Gasteiger partial charge in [0, 0.05) is 35.2 Å². The van der Waals surface area contributed by atoms with Gasteiger partial charge in [0.15, 0.2) is 0 Å². The van der Waals surface area contributed by atoms with Gasteiger partial charge in [-0.25, -0.2) is 0 Å². The van der Waals surface area contributed by atoms with Crippen molar-refractivity contribution in [3.8, 4) is 55.6 Å². The summed E-state index contributed by atoms with van der Waals surface area (Å²) in [5, 5.41) is 0. The lowest BCUT2D eigenvalue weighted by molar-refractivity contribution is 0.660. The third-order valence-electron chi connectivity index (χ3n) is 13.6. The van der Waals surface area contributed by atoms with E-state index in [1.165, 1.54) is 106 Å². The molecule has 11 rings (SSSR count). The molecule has 0 spiro atoms. The van der Waals surface area contributed by atoms with Gasteiger partial charge in [-0.15, -0.1) is 0 Å². The quantitative estimate of drug-likeness (QED) is 0.170. The molecule has 0 atom stereocenters. The maximum absolute atomic E-state index is 2.47. The van der Waals surface area contributed by atoms with Crippen molar-refractivity contribution in [1.82, 2.24) is 0 Å². The highest BCUT2D eigenvalue weighted by molar-refractivity contribution is 5.90. The predicted octanol–water partition coefficient (Wildman–Crippen LogP) is 14.6. The lowest BCUT2D eigenvalue weighted by atomic mass is 9.81. The lowest BCUT2D eigenvalue weighted by Crippen LogP contribution is -2.14. The van der Waals surface area contributed by atoms with E-state index in [-0.39, 0.29) is 16.7 Å². The smallest absolute Gasteiger partial charge is 0.0408 e. The van der Waals surface area contributed by atoms with E-state index in [0.29, 0.717) is 0 Å². The van der Waals surface area contributed by atoms with E-state index in [1.54, 1.807) is 0 Å². The fraction of sp³-hybridized carbons (Fsp3) is 0.143. The molecule has 0 bridgehead atoms. The molecule has 0 fully saturated rings. The maximum Gasteiger partial charge on any atom is 0.0408 e. The second kappa shape index (κ2) is 12.3. The molecule has 1 nitrogen and oxygen atoms in total. The first-order valence-electron chi connectivity index (χ1n) is 20.3. The van der Waals surface area contributed by atoms with Gasteiger partial charge in [0.05, 0.1) is 0 Å². The zero-order valence-corrected chi connectivity index (χ0v) is 33.3. The molecule has 0 aliphatic heterocycles. The molecule has 57 heavy (non-hydrogen) atoms. The molecule has 0 aromatic heterocycles. The van der Waals surface area contributed by atoms with E-state index in [4.69, 9.17) is 0 Å². The minimum absolute atomic E-state index is 0.0439. The van der Waals surface area contributed by atoms with Crippen LogP contribution in [0.4, 0.5) is 11.4 Å². The molecule has 0 heterocycles. The fourth-order valence-electron chi connectivity index (χ4n) is 10.4. The van der Waals surface area contributed by atoms with Gasteiger partial charge in [-0.2, -0.15) is 0 Å². The van der Waals surface area contributed by atoms with Crippen LogP contribution in [-0.4, -0.2) is 7.05 Å². The number of para-hydroxylation sites is 1. The molecule has 1 heteroatoms. The van der Waals surface area contributed by atoms with Crippen LogP contribution in [0.5, 0.6) is 0 Å². The summed E-state index contributed by atoms with van der Waals surface area (Å²) in [6.45, 7) is 9.48. The van der Waals surface area contributed by atoms with Gasteiger partial charge >= 0.3 is 0 Å². The van der Waals surface area contributed by atoms with Gasteiger partial charge in [0.2, 0.25) is 0 Å². The van der Waals surface area contributed by atoms with Crippen molar-refractivity contribution in [1.29, 1.82) is 0 Å². The average Bonchev–Trinajstić information content (AvgIpc) is 3.79. The molecular weight excluding hydrogens is 687 g/mol. The Hall–Kier alpha value is -6.44. The van der Waals surface area contributed by atoms with Crippen LogP contribution in [-0.2, 0) is 10.8 Å². The number of hydrogen-bond acceptors (Lipinski definition) is 1. The third-order valence-corrected chi connectivity index (χ3v) is 13.6. The molecular formula is C56H45N. The van der Waals surface area contributed by atoms with Crippen molar-refractivity contribution in [3.05, 3.63) is 215 Å². The van der Waals surface area contributed by atoms with Crippen LogP contribution in [0, 0.1) is 0 Å². The van der Waals surface area contributed by atoms with Gasteiger partial charge < -0.3 is 4.90 Å². The number of anilines is 2. The molecule has 8 aromatic rings. The number of hydrogen-bond donors (Lipinski definition) is 0. The summed E-state index contributed by atoms with van der Waals surface area (Å²) < 4.78 is 0. The summed E-state index contributed by atoms with van der Waals surface area (Å²) in [4.78, 5) is 2.26. The molecule has 274 valence electrons. The summed E-state index contributed by atoms with van der Waals surface area (Å²) in [5.41, 5.74) is 25.1. The highest BCUT2D eigenvalue weighted by Gasteiger charge is 2.37. The van der Waals surface area contributed by atoms with Gasteiger partial charge in [-0.3, -0.25) is 0 Å². The van der Waals surface area contributed by atoms with Gasteiger partial charge in [-0.1, -0.05) is 155 Å². The zero-order valence-electron chi connectivity index (χ0n) is 33.3. The molecule has 3 aliphatic carbocycles. The predicted molar refractivity (Wildman–Crippen MR) is 240 cm³/mol. The van der Waals surface area contributed by atoms with Crippen molar-refractivity contribution in [3.63, 3.8) is 0 Å². The Kier molecular flexibility index (Phi) is 7.29. The van der Waals surface area contributed by atoms with Gasteiger partial charge in [0.1, 0.15) is 0 Å². The van der Waals surface area contributed by atoms with Crippen LogP contribution in [0.15, 0.2) is 176 Å². The van der Waals surface area contributed by atoms with Crippen molar-refractivity contribution in [2.75, 3.05) is 11.9 Å². The lowest BCUT2D eigenvalue weighted by Gasteiger charge is -2.22. The Morgan fingerprint density at radius 3 is 1.26 bits per heavy atom. The van der Waals surface area contributed by atoms with Crippen LogP contribution >= 0.6 is 0 Å². The molecule has 0 unspecified atom stereocenters. The summed E-state index contributed by atoms with van der Waals surface area (Å²) in [7, 11) is 2.14. The van der Waals surface area contributed by atoms with Crippen LogP contribution in [0.25, 0.3) is 55.6 Å². The molecule has 0 saturated heterocycles. The Balaban J connectivity index is 1.03. The van der Waals surface area contributed by atoms with E-state index in [9.17, 15) is 0 Å². The minimum atomic E-state index is -0.0439. The summed E-state index contributed by atoms with van der Waals surface area (Å²) in [5.74, 6) is 0.149. The standard InChI is InChI=1S/C56H45N/c1-55(2)50-17-11-9-15-42(50)44-27-21-38(33-52(44)55)36-23-29-46-48(31-36)49-32-37(39-22-28-45-43-16-10-12-18-51(43)56(3,4)53(45)34-39)24-30-47(49)54(46)35-19-25-41(26-20-35)57(5)40-13-7-6-8-14-40/h6-34,54H,1-5H3. The molecule has 0 N–H and O–H groups in total. The Labute approximate surface area is 336 Å². The maximum atomic E-state index is 2.47. The van der Waals surface area contributed by atoms with E-state index in [0.717, 1.165) is 0 Å². The molecule has 3 aliphatic rings. The van der Waals surface area contributed by atoms with Gasteiger partial charge in [0.25, 0.3) is 0 Å². The third kappa shape index (κ3) is 5.01. The Morgan fingerprint density at radius 1 is 0.351 bits per heavy atom. The molecule has 0 saturated carbocycles. The first-order valence-corrected chi connectivity index (χ1v) is 20.3. The SMILES string of the molecule is CN(c1ccccc1)c1ccc(C2c3ccc(-c4ccc5c(c4)C(C)(C)c4ccccc4-5)cc3-c3cc(-c4ccc5c(c4)C(C)(C)c4ccccc4-5)ccc32)cc1. The monoisotopic (exact) mass is 731 g/mol. The number of rotatable bonds is 5. The molecule has 0 amide bonds. The fourth-order valence-corrected chi connectivity index (χ4v) is 10.4. The largest absolute Gasteiger partial charge is 0.345 e. The van der Waals surface area contributed by atoms with E-state index >= 15 is 0 Å².